The number of aromatic hydroxyl groups is 2. The summed E-state index contributed by atoms with van der Waals surface area (Å²) < 4.78 is 0. The Morgan fingerprint density at radius 2 is 1.71 bits per heavy atom. The first-order valence-electron chi connectivity index (χ1n) is 4.71. The lowest BCUT2D eigenvalue weighted by molar-refractivity contribution is 0.435. The van der Waals surface area contributed by atoms with Crippen molar-refractivity contribution >= 4 is 0 Å². The van der Waals surface area contributed by atoms with Crippen LogP contribution in [0.3, 0.4) is 0 Å². The smallest absolute Gasteiger partial charge is 0.123 e. The summed E-state index contributed by atoms with van der Waals surface area (Å²) in [6.07, 6.45) is 3.84. The first-order valence-corrected chi connectivity index (χ1v) is 4.71. The maximum Gasteiger partial charge on any atom is 0.123 e. The van der Waals surface area contributed by atoms with Crippen molar-refractivity contribution in [3.8, 4) is 11.5 Å². The predicted octanol–water partition coefficient (Wildman–Crippen LogP) is 3.09. The highest BCUT2D eigenvalue weighted by atomic mass is 16.3. The summed E-state index contributed by atoms with van der Waals surface area (Å²) in [6, 6.07) is 3.32. The van der Waals surface area contributed by atoms with Crippen molar-refractivity contribution in [2.75, 3.05) is 0 Å². The van der Waals surface area contributed by atoms with Crippen molar-refractivity contribution in [3.05, 3.63) is 35.4 Å². The molecule has 0 saturated carbocycles. The summed E-state index contributed by atoms with van der Waals surface area (Å²) in [5, 5.41) is 19.4. The summed E-state index contributed by atoms with van der Waals surface area (Å²) in [4.78, 5) is 0. The molecule has 0 fully saturated rings. The minimum absolute atomic E-state index is 0.0283. The fraction of sp³-hybridized carbons (Fsp3) is 0.333. The molecule has 1 atom stereocenters. The van der Waals surface area contributed by atoms with Crippen molar-refractivity contribution < 1.29 is 10.2 Å². The Morgan fingerprint density at radius 3 is 2.14 bits per heavy atom. The van der Waals surface area contributed by atoms with Gasteiger partial charge in [-0.1, -0.05) is 19.1 Å². The highest BCUT2D eigenvalue weighted by molar-refractivity contribution is 5.49. The van der Waals surface area contributed by atoms with Crippen LogP contribution in [0.4, 0.5) is 0 Å². The number of phenols is 2. The molecular formula is C12H16O2. The van der Waals surface area contributed by atoms with Gasteiger partial charge in [0.1, 0.15) is 11.5 Å². The highest BCUT2D eigenvalue weighted by Crippen LogP contribution is 2.35. The molecule has 0 saturated heterocycles. The fourth-order valence-electron chi connectivity index (χ4n) is 1.61. The molecule has 1 unspecified atom stereocenters. The first kappa shape index (κ1) is 10.6. The van der Waals surface area contributed by atoms with Gasteiger partial charge in [-0.25, -0.2) is 0 Å². The van der Waals surface area contributed by atoms with E-state index in [1.807, 2.05) is 32.9 Å². The quantitative estimate of drug-likeness (QED) is 0.707. The van der Waals surface area contributed by atoms with E-state index in [4.69, 9.17) is 0 Å². The van der Waals surface area contributed by atoms with Crippen molar-refractivity contribution in [2.45, 2.75) is 26.7 Å². The van der Waals surface area contributed by atoms with Gasteiger partial charge in [0, 0.05) is 11.5 Å². The lowest BCUT2D eigenvalue weighted by Crippen LogP contribution is -1.91. The van der Waals surface area contributed by atoms with E-state index in [-0.39, 0.29) is 17.4 Å². The number of rotatable bonds is 2. The van der Waals surface area contributed by atoms with E-state index in [9.17, 15) is 10.2 Å². The van der Waals surface area contributed by atoms with Crippen LogP contribution < -0.4 is 0 Å². The summed E-state index contributed by atoms with van der Waals surface area (Å²) in [6.45, 7) is 5.69. The Kier molecular flexibility index (Phi) is 3.18. The molecule has 2 N–H and O–H groups in total. The van der Waals surface area contributed by atoms with E-state index in [0.717, 1.165) is 5.56 Å². The van der Waals surface area contributed by atoms with E-state index in [1.54, 1.807) is 12.1 Å². The second-order valence-corrected chi connectivity index (χ2v) is 3.53. The molecule has 1 aromatic carbocycles. The van der Waals surface area contributed by atoms with Gasteiger partial charge in [0.05, 0.1) is 0 Å². The van der Waals surface area contributed by atoms with Crippen LogP contribution in [0.15, 0.2) is 24.3 Å². The van der Waals surface area contributed by atoms with Crippen molar-refractivity contribution in [1.82, 2.24) is 0 Å². The molecule has 0 aromatic heterocycles. The fourth-order valence-corrected chi connectivity index (χ4v) is 1.61. The Labute approximate surface area is 84.5 Å². The Hall–Kier alpha value is -1.44. The van der Waals surface area contributed by atoms with Gasteiger partial charge in [0.15, 0.2) is 0 Å². The van der Waals surface area contributed by atoms with Gasteiger partial charge in [0.2, 0.25) is 0 Å². The van der Waals surface area contributed by atoms with Crippen molar-refractivity contribution in [1.29, 1.82) is 0 Å². The zero-order valence-electron chi connectivity index (χ0n) is 8.78. The zero-order chi connectivity index (χ0) is 10.7. The van der Waals surface area contributed by atoms with Gasteiger partial charge in [-0.3, -0.25) is 0 Å². The van der Waals surface area contributed by atoms with E-state index in [0.29, 0.717) is 5.56 Å². The highest BCUT2D eigenvalue weighted by Gasteiger charge is 2.13. The molecule has 14 heavy (non-hydrogen) atoms. The van der Waals surface area contributed by atoms with Crippen LogP contribution in [0.25, 0.3) is 0 Å². The molecule has 0 aliphatic rings. The van der Waals surface area contributed by atoms with Gasteiger partial charge >= 0.3 is 0 Å². The van der Waals surface area contributed by atoms with Crippen molar-refractivity contribution in [2.24, 2.45) is 0 Å². The lowest BCUT2D eigenvalue weighted by Gasteiger charge is -2.12. The van der Waals surface area contributed by atoms with E-state index in [1.165, 1.54) is 0 Å². The number of hydrogen-bond acceptors (Lipinski definition) is 2. The number of phenolic OH excluding ortho intramolecular Hbond substituents is 2. The summed E-state index contributed by atoms with van der Waals surface area (Å²) in [5.41, 5.74) is 1.45. The second kappa shape index (κ2) is 4.18. The molecule has 2 heteroatoms. The maximum absolute atomic E-state index is 9.68. The van der Waals surface area contributed by atoms with Crippen LogP contribution in [0.2, 0.25) is 0 Å². The lowest BCUT2D eigenvalue weighted by atomic mass is 9.97. The predicted molar refractivity (Wildman–Crippen MR) is 57.7 cm³/mol. The number of aryl methyl sites for hydroxylation is 1. The number of hydrogen-bond donors (Lipinski definition) is 2. The van der Waals surface area contributed by atoms with Crippen LogP contribution in [-0.2, 0) is 0 Å². The Bertz CT molecular complexity index is 330. The van der Waals surface area contributed by atoms with Crippen LogP contribution in [0.5, 0.6) is 11.5 Å². The molecule has 1 aromatic rings. The summed E-state index contributed by atoms with van der Waals surface area (Å²) in [5.74, 6) is 0.349. The van der Waals surface area contributed by atoms with Gasteiger partial charge in [-0.15, -0.1) is 0 Å². The molecule has 0 aliphatic heterocycles. The average molecular weight is 192 g/mol. The topological polar surface area (TPSA) is 40.5 Å². The monoisotopic (exact) mass is 192 g/mol. The molecule has 0 spiro atoms. The van der Waals surface area contributed by atoms with Gasteiger partial charge < -0.3 is 10.2 Å². The molecule has 2 nitrogen and oxygen atoms in total. The minimum Gasteiger partial charge on any atom is -0.507 e. The van der Waals surface area contributed by atoms with E-state index in [2.05, 4.69) is 0 Å². The third-order valence-electron chi connectivity index (χ3n) is 2.22. The maximum atomic E-state index is 9.68. The van der Waals surface area contributed by atoms with Crippen LogP contribution in [0.1, 0.15) is 30.9 Å². The molecule has 0 aliphatic carbocycles. The number of benzene rings is 1. The Balaban J connectivity index is 3.20. The molecule has 0 radical (unpaired) electrons. The molecule has 0 bridgehead atoms. The molecule has 0 amide bonds. The third-order valence-corrected chi connectivity index (χ3v) is 2.22. The summed E-state index contributed by atoms with van der Waals surface area (Å²) in [7, 11) is 0. The van der Waals surface area contributed by atoms with E-state index < -0.39 is 0 Å². The summed E-state index contributed by atoms with van der Waals surface area (Å²) >= 11 is 0. The van der Waals surface area contributed by atoms with Gasteiger partial charge in [-0.2, -0.15) is 0 Å². The first-order chi connectivity index (χ1) is 6.56. The Morgan fingerprint density at radius 1 is 1.21 bits per heavy atom. The van der Waals surface area contributed by atoms with Crippen LogP contribution in [-0.4, -0.2) is 10.2 Å². The molecule has 1 rings (SSSR count). The molecule has 76 valence electrons. The van der Waals surface area contributed by atoms with Crippen LogP contribution in [0, 0.1) is 6.92 Å². The second-order valence-electron chi connectivity index (χ2n) is 3.53. The third kappa shape index (κ3) is 2.08. The van der Waals surface area contributed by atoms with Crippen LogP contribution >= 0.6 is 0 Å². The molecule has 0 heterocycles. The average Bonchev–Trinajstić information content (AvgIpc) is 2.01. The van der Waals surface area contributed by atoms with E-state index >= 15 is 0 Å². The van der Waals surface area contributed by atoms with Crippen molar-refractivity contribution in [3.63, 3.8) is 0 Å². The number of allylic oxidation sites excluding steroid dienone is 2. The largest absolute Gasteiger partial charge is 0.507 e. The zero-order valence-corrected chi connectivity index (χ0v) is 8.78. The minimum atomic E-state index is 0.0283. The standard InChI is InChI=1S/C12H16O2/c1-4-5-9(3)12-10(13)6-8(2)7-11(12)14/h4-7,9,13-14H,1-3H3/b5-4+. The van der Waals surface area contributed by atoms with Gasteiger partial charge in [-0.05, 0) is 31.5 Å². The van der Waals surface area contributed by atoms with Gasteiger partial charge in [0.25, 0.3) is 0 Å². The SMILES string of the molecule is C/C=C/C(C)c1c(O)cc(C)cc1O. The normalized spacial score (nSPS) is 13.4. The molecular weight excluding hydrogens is 176 g/mol.